The van der Waals surface area contributed by atoms with Crippen molar-refractivity contribution in [3.63, 3.8) is 0 Å². The van der Waals surface area contributed by atoms with Crippen molar-refractivity contribution in [2.45, 2.75) is 84.7 Å². The van der Waals surface area contributed by atoms with Crippen LogP contribution >= 0.6 is 0 Å². The summed E-state index contributed by atoms with van der Waals surface area (Å²) in [5.41, 5.74) is 0.615. The first-order valence-corrected chi connectivity index (χ1v) is 11.3. The van der Waals surface area contributed by atoms with Gasteiger partial charge in [-0.2, -0.15) is 0 Å². The number of rotatable bonds is 4. The lowest BCUT2D eigenvalue weighted by Crippen LogP contribution is -2.52. The van der Waals surface area contributed by atoms with Crippen molar-refractivity contribution in [1.29, 1.82) is 0 Å². The van der Waals surface area contributed by atoms with E-state index in [4.69, 9.17) is 5.11 Å². The number of hydrogen-bond donors (Lipinski definition) is 2. The van der Waals surface area contributed by atoms with Gasteiger partial charge in [-0.3, -0.25) is 4.79 Å². The van der Waals surface area contributed by atoms with E-state index in [1.165, 1.54) is 32.1 Å². The number of aliphatic hydroxyl groups is 1. The number of carboxylic acid groups (broad SMARTS) is 1. The summed E-state index contributed by atoms with van der Waals surface area (Å²) in [6, 6.07) is 0. The molecule has 3 fully saturated rings. The molecule has 0 saturated heterocycles. The van der Waals surface area contributed by atoms with Crippen LogP contribution in [0.1, 0.15) is 78.6 Å². The molecule has 0 aromatic rings. The van der Waals surface area contributed by atoms with Gasteiger partial charge in [0, 0.05) is 6.42 Å². The number of aliphatic hydroxyl groups excluding tert-OH is 1. The monoisotopic (exact) mass is 374 g/mol. The molecule has 0 aromatic carbocycles. The smallest absolute Gasteiger partial charge is 0.303 e. The van der Waals surface area contributed by atoms with Crippen LogP contribution in [0.25, 0.3) is 0 Å². The second kappa shape index (κ2) is 6.90. The fraction of sp³-hybridized carbons (Fsp3) is 0.875. The molecule has 4 rings (SSSR count). The Morgan fingerprint density at radius 1 is 1.19 bits per heavy atom. The fourth-order valence-electron chi connectivity index (χ4n) is 8.10. The van der Waals surface area contributed by atoms with Crippen molar-refractivity contribution in [3.05, 3.63) is 12.2 Å². The van der Waals surface area contributed by atoms with Crippen LogP contribution in [0.15, 0.2) is 12.2 Å². The highest BCUT2D eigenvalue weighted by Gasteiger charge is 2.58. The third-order valence-electron chi connectivity index (χ3n) is 9.64. The Labute approximate surface area is 164 Å². The molecular weight excluding hydrogens is 336 g/mol. The van der Waals surface area contributed by atoms with E-state index < -0.39 is 5.97 Å². The fourth-order valence-corrected chi connectivity index (χ4v) is 8.10. The standard InChI is InChI=1S/C24H38O3/c1-15(4-9-22(26)27)19-7-8-20-18-6-5-16-14-17(25)10-12-23(16,2)21(18)11-13-24(19,20)3/h11,13,15-21,25H,4-10,12,14H2,1-3H3,(H,26,27)/t15-,16-,17-,18+,19+,20-,21+,23+,24+/m1/s1. The SMILES string of the molecule is C[C@H](CCC(=O)O)[C@@H]1CC[C@@H]2[C@@H]3CC[C@@H]4C[C@H](O)CC[C@]4(C)[C@H]3C=C[C@]21C. The highest BCUT2D eigenvalue weighted by atomic mass is 16.4. The first-order valence-electron chi connectivity index (χ1n) is 11.3. The summed E-state index contributed by atoms with van der Waals surface area (Å²) in [5.74, 6) is 3.35. The van der Waals surface area contributed by atoms with Gasteiger partial charge < -0.3 is 10.2 Å². The van der Waals surface area contributed by atoms with E-state index in [9.17, 15) is 9.90 Å². The predicted molar refractivity (Wildman–Crippen MR) is 107 cm³/mol. The minimum Gasteiger partial charge on any atom is -0.481 e. The van der Waals surface area contributed by atoms with Crippen molar-refractivity contribution in [3.8, 4) is 0 Å². The van der Waals surface area contributed by atoms with Crippen molar-refractivity contribution in [1.82, 2.24) is 0 Å². The molecule has 3 heteroatoms. The third kappa shape index (κ3) is 3.09. The molecule has 0 radical (unpaired) electrons. The van der Waals surface area contributed by atoms with Crippen molar-refractivity contribution >= 4 is 5.97 Å². The molecule has 0 unspecified atom stereocenters. The Kier molecular flexibility index (Phi) is 4.98. The molecule has 27 heavy (non-hydrogen) atoms. The van der Waals surface area contributed by atoms with Gasteiger partial charge in [0.2, 0.25) is 0 Å². The maximum absolute atomic E-state index is 11.0. The largest absolute Gasteiger partial charge is 0.481 e. The van der Waals surface area contributed by atoms with Crippen LogP contribution in [-0.4, -0.2) is 22.3 Å². The second-order valence-electron chi connectivity index (χ2n) is 10.8. The van der Waals surface area contributed by atoms with Crippen LogP contribution in [0, 0.1) is 46.3 Å². The van der Waals surface area contributed by atoms with Crippen LogP contribution in [0.4, 0.5) is 0 Å². The van der Waals surface area contributed by atoms with Gasteiger partial charge in [-0.15, -0.1) is 0 Å². The van der Waals surface area contributed by atoms with E-state index in [-0.39, 0.29) is 11.5 Å². The van der Waals surface area contributed by atoms with Gasteiger partial charge in [-0.1, -0.05) is 32.9 Å². The lowest BCUT2D eigenvalue weighted by molar-refractivity contribution is -0.137. The summed E-state index contributed by atoms with van der Waals surface area (Å²) in [5, 5.41) is 19.3. The Morgan fingerprint density at radius 2 is 1.96 bits per heavy atom. The van der Waals surface area contributed by atoms with Gasteiger partial charge in [-0.25, -0.2) is 0 Å². The van der Waals surface area contributed by atoms with Crippen molar-refractivity contribution < 1.29 is 15.0 Å². The molecule has 0 aliphatic heterocycles. The molecule has 2 N–H and O–H groups in total. The molecule has 0 heterocycles. The maximum atomic E-state index is 11.0. The summed E-state index contributed by atoms with van der Waals surface area (Å²) >= 11 is 0. The number of allylic oxidation sites excluding steroid dienone is 2. The lowest BCUT2D eigenvalue weighted by Gasteiger charge is -2.58. The Morgan fingerprint density at radius 3 is 2.70 bits per heavy atom. The summed E-state index contributed by atoms with van der Waals surface area (Å²) in [4.78, 5) is 11.0. The van der Waals surface area contributed by atoms with Gasteiger partial charge >= 0.3 is 5.97 Å². The second-order valence-corrected chi connectivity index (χ2v) is 10.8. The van der Waals surface area contributed by atoms with Crippen LogP contribution in [0.5, 0.6) is 0 Å². The van der Waals surface area contributed by atoms with Crippen LogP contribution in [-0.2, 0) is 4.79 Å². The average Bonchev–Trinajstić information content (AvgIpc) is 2.97. The maximum Gasteiger partial charge on any atom is 0.303 e. The Bertz CT molecular complexity index is 613. The number of aliphatic carboxylic acids is 1. The number of carboxylic acids is 1. The first-order chi connectivity index (χ1) is 12.8. The zero-order chi connectivity index (χ0) is 19.4. The Hall–Kier alpha value is -0.830. The van der Waals surface area contributed by atoms with E-state index >= 15 is 0 Å². The Balaban J connectivity index is 1.56. The molecule has 0 amide bonds. The summed E-state index contributed by atoms with van der Waals surface area (Å²) < 4.78 is 0. The molecule has 0 bridgehead atoms. The van der Waals surface area contributed by atoms with Crippen LogP contribution in [0.3, 0.4) is 0 Å². The summed E-state index contributed by atoms with van der Waals surface area (Å²) in [6.45, 7) is 7.26. The van der Waals surface area contributed by atoms with Gasteiger partial charge in [0.1, 0.15) is 0 Å². The average molecular weight is 375 g/mol. The van der Waals surface area contributed by atoms with E-state index in [1.54, 1.807) is 0 Å². The minimum atomic E-state index is -0.661. The highest BCUT2D eigenvalue weighted by molar-refractivity contribution is 5.66. The van der Waals surface area contributed by atoms with Gasteiger partial charge in [0.25, 0.3) is 0 Å². The van der Waals surface area contributed by atoms with Crippen molar-refractivity contribution in [2.75, 3.05) is 0 Å². The van der Waals surface area contributed by atoms with Gasteiger partial charge in [0.15, 0.2) is 0 Å². The third-order valence-corrected chi connectivity index (χ3v) is 9.64. The quantitative estimate of drug-likeness (QED) is 0.658. The number of fused-ring (bicyclic) bond motifs is 5. The molecule has 4 aliphatic rings. The predicted octanol–water partition coefficient (Wildman–Crippen LogP) is 5.28. The highest BCUT2D eigenvalue weighted by Crippen LogP contribution is 2.66. The lowest BCUT2D eigenvalue weighted by atomic mass is 9.46. The normalized spacial score (nSPS) is 49.8. The summed E-state index contributed by atoms with van der Waals surface area (Å²) in [6.07, 6.45) is 14.5. The minimum absolute atomic E-state index is 0.0802. The van der Waals surface area contributed by atoms with E-state index in [0.717, 1.165) is 31.1 Å². The molecule has 9 atom stereocenters. The zero-order valence-corrected chi connectivity index (χ0v) is 17.4. The molecule has 3 nitrogen and oxygen atoms in total. The summed E-state index contributed by atoms with van der Waals surface area (Å²) in [7, 11) is 0. The molecule has 4 aliphatic carbocycles. The molecule has 0 aromatic heterocycles. The van der Waals surface area contributed by atoms with Crippen LogP contribution < -0.4 is 0 Å². The topological polar surface area (TPSA) is 57.5 Å². The number of hydrogen-bond acceptors (Lipinski definition) is 2. The molecular formula is C24H38O3. The molecule has 152 valence electrons. The van der Waals surface area contributed by atoms with E-state index in [0.29, 0.717) is 35.5 Å². The zero-order valence-electron chi connectivity index (χ0n) is 17.4. The van der Waals surface area contributed by atoms with E-state index in [2.05, 4.69) is 32.9 Å². The van der Waals surface area contributed by atoms with Gasteiger partial charge in [-0.05, 0) is 97.7 Å². The molecule has 0 spiro atoms. The number of carbonyl (C=O) groups is 1. The molecule has 3 saturated carbocycles. The van der Waals surface area contributed by atoms with Gasteiger partial charge in [0.05, 0.1) is 6.10 Å². The van der Waals surface area contributed by atoms with Crippen LogP contribution in [0.2, 0.25) is 0 Å². The van der Waals surface area contributed by atoms with Crippen molar-refractivity contribution in [2.24, 2.45) is 46.3 Å². The van der Waals surface area contributed by atoms with E-state index in [1.807, 2.05) is 0 Å². The first kappa shape index (κ1) is 19.5.